The van der Waals surface area contributed by atoms with Crippen LogP contribution in [-0.2, 0) is 6.54 Å². The number of amides is 1. The maximum Gasteiger partial charge on any atom is 0.274 e. The molecular weight excluding hydrogens is 380 g/mol. The highest BCUT2D eigenvalue weighted by Gasteiger charge is 2.23. The van der Waals surface area contributed by atoms with E-state index in [9.17, 15) is 10.1 Å². The Morgan fingerprint density at radius 1 is 1.23 bits per heavy atom. The van der Waals surface area contributed by atoms with E-state index in [1.54, 1.807) is 17.4 Å². The van der Waals surface area contributed by atoms with Crippen LogP contribution in [0.3, 0.4) is 0 Å². The lowest BCUT2D eigenvalue weighted by Gasteiger charge is -2.26. The highest BCUT2D eigenvalue weighted by molar-refractivity contribution is 6.00. The maximum atomic E-state index is 13.0. The Hall–Kier alpha value is -3.83. The highest BCUT2D eigenvalue weighted by atomic mass is 16.3. The van der Waals surface area contributed by atoms with Gasteiger partial charge in [-0.05, 0) is 18.2 Å². The molecule has 0 aliphatic carbocycles. The number of para-hydroxylation sites is 1. The number of nitrogens with one attached hydrogen (secondary N) is 2. The minimum atomic E-state index is -0.113. The summed E-state index contributed by atoms with van der Waals surface area (Å²) in [5.41, 5.74) is 2.78. The van der Waals surface area contributed by atoms with Gasteiger partial charge in [-0.25, -0.2) is 4.98 Å². The zero-order valence-corrected chi connectivity index (χ0v) is 16.3. The van der Waals surface area contributed by atoms with Gasteiger partial charge in [0.1, 0.15) is 23.1 Å². The second-order valence-electron chi connectivity index (χ2n) is 7.17. The number of nitriles is 1. The summed E-state index contributed by atoms with van der Waals surface area (Å²) >= 11 is 0. The van der Waals surface area contributed by atoms with Crippen molar-refractivity contribution in [2.75, 3.05) is 31.5 Å². The van der Waals surface area contributed by atoms with Crippen molar-refractivity contribution >= 4 is 28.1 Å². The molecule has 0 spiro atoms. The Morgan fingerprint density at radius 3 is 2.83 bits per heavy atom. The summed E-state index contributed by atoms with van der Waals surface area (Å²) in [7, 11) is 0. The third-order valence-corrected chi connectivity index (χ3v) is 5.37. The van der Waals surface area contributed by atoms with Gasteiger partial charge in [-0.2, -0.15) is 5.26 Å². The molecule has 8 nitrogen and oxygen atoms in total. The molecule has 150 valence electrons. The van der Waals surface area contributed by atoms with Crippen LogP contribution in [0.15, 0.2) is 53.3 Å². The summed E-state index contributed by atoms with van der Waals surface area (Å²) < 4.78 is 7.24. The lowest BCUT2D eigenvalue weighted by Crippen LogP contribution is -2.46. The zero-order valence-electron chi connectivity index (χ0n) is 16.3. The smallest absolute Gasteiger partial charge is 0.274 e. The van der Waals surface area contributed by atoms with Gasteiger partial charge in [-0.1, -0.05) is 18.2 Å². The van der Waals surface area contributed by atoms with Crippen molar-refractivity contribution in [1.82, 2.24) is 19.6 Å². The number of carbonyl (C=O) groups is 1. The number of aromatic nitrogens is 2. The predicted octanol–water partition coefficient (Wildman–Crippen LogP) is 2.61. The summed E-state index contributed by atoms with van der Waals surface area (Å²) in [6, 6.07) is 13.8. The number of fused-ring (bicyclic) bond motifs is 3. The van der Waals surface area contributed by atoms with E-state index in [0.29, 0.717) is 42.2 Å². The van der Waals surface area contributed by atoms with Crippen molar-refractivity contribution < 1.29 is 9.21 Å². The fourth-order valence-corrected chi connectivity index (χ4v) is 3.89. The molecule has 1 aliphatic heterocycles. The summed E-state index contributed by atoms with van der Waals surface area (Å²) in [4.78, 5) is 19.4. The van der Waals surface area contributed by atoms with Gasteiger partial charge in [0.25, 0.3) is 5.91 Å². The van der Waals surface area contributed by atoms with Crippen LogP contribution in [0.4, 0.5) is 5.69 Å². The Morgan fingerprint density at radius 2 is 2.07 bits per heavy atom. The molecule has 8 heteroatoms. The molecule has 1 saturated heterocycles. The van der Waals surface area contributed by atoms with Crippen LogP contribution in [0.1, 0.15) is 21.8 Å². The van der Waals surface area contributed by atoms with Crippen LogP contribution in [0.2, 0.25) is 0 Å². The SMILES string of the molecule is N#Cc1c(NCc2ccco2)c2ccccc2n2cc(C(=O)N3CCNCC3)nc12. The predicted molar refractivity (Wildman–Crippen MR) is 112 cm³/mol. The summed E-state index contributed by atoms with van der Waals surface area (Å²) in [5.74, 6) is 0.652. The van der Waals surface area contributed by atoms with Gasteiger partial charge >= 0.3 is 0 Å². The molecule has 1 aliphatic rings. The number of piperazine rings is 1. The molecule has 1 amide bonds. The van der Waals surface area contributed by atoms with Gasteiger partial charge in [-0.15, -0.1) is 0 Å². The first-order chi connectivity index (χ1) is 14.8. The molecule has 4 aromatic rings. The highest BCUT2D eigenvalue weighted by Crippen LogP contribution is 2.31. The summed E-state index contributed by atoms with van der Waals surface area (Å²) in [6.45, 7) is 3.27. The van der Waals surface area contributed by atoms with E-state index in [4.69, 9.17) is 4.42 Å². The molecule has 1 aromatic carbocycles. The average molecular weight is 400 g/mol. The Kier molecular flexibility index (Phi) is 4.58. The number of hydrogen-bond donors (Lipinski definition) is 2. The number of nitrogens with zero attached hydrogens (tertiary/aromatic N) is 4. The number of anilines is 1. The normalized spacial score (nSPS) is 14.2. The molecule has 3 aromatic heterocycles. The number of hydrogen-bond acceptors (Lipinski definition) is 6. The number of furan rings is 1. The van der Waals surface area contributed by atoms with E-state index in [1.807, 2.05) is 40.8 Å². The van der Waals surface area contributed by atoms with E-state index in [-0.39, 0.29) is 5.91 Å². The van der Waals surface area contributed by atoms with Gasteiger partial charge in [0.15, 0.2) is 5.65 Å². The van der Waals surface area contributed by atoms with E-state index < -0.39 is 0 Å². The molecule has 0 atom stereocenters. The van der Waals surface area contributed by atoms with E-state index in [1.165, 1.54) is 0 Å². The van der Waals surface area contributed by atoms with Crippen molar-refractivity contribution in [2.24, 2.45) is 0 Å². The van der Waals surface area contributed by atoms with Crippen molar-refractivity contribution in [2.45, 2.75) is 6.54 Å². The summed E-state index contributed by atoms with van der Waals surface area (Å²) in [5, 5.41) is 17.4. The monoisotopic (exact) mass is 400 g/mol. The van der Waals surface area contributed by atoms with Gasteiger partial charge in [-0.3, -0.25) is 9.20 Å². The Balaban J connectivity index is 1.64. The first kappa shape index (κ1) is 18.2. The third-order valence-electron chi connectivity index (χ3n) is 5.37. The standard InChI is InChI=1S/C22H20N6O2/c23-12-17-20(25-13-15-4-3-11-30-15)16-5-1-2-6-19(16)28-14-18(26-21(17)28)22(29)27-9-7-24-8-10-27/h1-6,11,14,24-25H,7-10,13H2. The molecule has 0 saturated carbocycles. The first-order valence-corrected chi connectivity index (χ1v) is 9.86. The van der Waals surface area contributed by atoms with Crippen LogP contribution in [0.5, 0.6) is 0 Å². The molecule has 30 heavy (non-hydrogen) atoms. The van der Waals surface area contributed by atoms with Crippen molar-refractivity contribution in [3.63, 3.8) is 0 Å². The Labute approximate surface area is 172 Å². The van der Waals surface area contributed by atoms with Gasteiger partial charge in [0, 0.05) is 37.8 Å². The topological polar surface area (TPSA) is 98.6 Å². The maximum absolute atomic E-state index is 13.0. The minimum absolute atomic E-state index is 0.113. The van der Waals surface area contributed by atoms with Crippen LogP contribution in [-0.4, -0.2) is 46.4 Å². The molecule has 5 rings (SSSR count). The lowest BCUT2D eigenvalue weighted by atomic mass is 10.1. The van der Waals surface area contributed by atoms with Crippen LogP contribution in [0.25, 0.3) is 16.6 Å². The van der Waals surface area contributed by atoms with Crippen LogP contribution in [0, 0.1) is 11.3 Å². The number of benzene rings is 1. The number of imidazole rings is 1. The largest absolute Gasteiger partial charge is 0.467 e. The van der Waals surface area contributed by atoms with Gasteiger partial charge in [0.2, 0.25) is 0 Å². The molecule has 0 radical (unpaired) electrons. The molecule has 1 fully saturated rings. The third kappa shape index (κ3) is 3.06. The van der Waals surface area contributed by atoms with E-state index >= 15 is 0 Å². The summed E-state index contributed by atoms with van der Waals surface area (Å²) in [6.07, 6.45) is 3.35. The van der Waals surface area contributed by atoms with Gasteiger partial charge in [0.05, 0.1) is 24.0 Å². The minimum Gasteiger partial charge on any atom is -0.467 e. The molecule has 2 N–H and O–H groups in total. The second-order valence-corrected chi connectivity index (χ2v) is 7.17. The quantitative estimate of drug-likeness (QED) is 0.546. The molecule has 4 heterocycles. The molecule has 0 unspecified atom stereocenters. The number of rotatable bonds is 4. The van der Waals surface area contributed by atoms with E-state index in [2.05, 4.69) is 21.7 Å². The molecular formula is C22H20N6O2. The first-order valence-electron chi connectivity index (χ1n) is 9.86. The van der Waals surface area contributed by atoms with Crippen LogP contribution >= 0.6 is 0 Å². The fraction of sp³-hybridized carbons (Fsp3) is 0.227. The van der Waals surface area contributed by atoms with Gasteiger partial charge < -0.3 is 20.0 Å². The fourth-order valence-electron chi connectivity index (χ4n) is 3.89. The van der Waals surface area contributed by atoms with Crippen molar-refractivity contribution in [3.05, 3.63) is 65.9 Å². The average Bonchev–Trinajstić information content (AvgIpc) is 3.47. The number of carbonyl (C=O) groups excluding carboxylic acids is 1. The molecule has 0 bridgehead atoms. The van der Waals surface area contributed by atoms with Crippen LogP contribution < -0.4 is 10.6 Å². The number of pyridine rings is 1. The Bertz CT molecular complexity index is 1260. The lowest BCUT2D eigenvalue weighted by molar-refractivity contribution is 0.0730. The van der Waals surface area contributed by atoms with Crippen molar-refractivity contribution in [1.29, 1.82) is 5.26 Å². The second kappa shape index (κ2) is 7.54. The zero-order chi connectivity index (χ0) is 20.5. The van der Waals surface area contributed by atoms with E-state index in [0.717, 1.165) is 29.8 Å². The van der Waals surface area contributed by atoms with Crippen molar-refractivity contribution in [3.8, 4) is 6.07 Å².